The van der Waals surface area contributed by atoms with Crippen molar-refractivity contribution in [1.82, 2.24) is 25.6 Å². The van der Waals surface area contributed by atoms with E-state index in [4.69, 9.17) is 0 Å². The van der Waals surface area contributed by atoms with E-state index in [-0.39, 0.29) is 5.91 Å². The number of H-pyrrole nitrogens is 1. The Balaban J connectivity index is 2.47. The topological polar surface area (TPSA) is 73.9 Å². The molecule has 1 unspecified atom stereocenters. The van der Waals surface area contributed by atoms with Gasteiger partial charge in [-0.05, 0) is 20.0 Å². The van der Waals surface area contributed by atoms with Crippen molar-refractivity contribution >= 4 is 5.91 Å². The minimum atomic E-state index is -0.193. The Labute approximate surface area is 95.4 Å². The number of nitrogens with one attached hydrogen (secondary N) is 2. The van der Waals surface area contributed by atoms with E-state index in [2.05, 4.69) is 39.5 Å². The summed E-state index contributed by atoms with van der Waals surface area (Å²) in [6.45, 7) is 4.87. The molecule has 6 nitrogen and oxygen atoms in total. The highest BCUT2D eigenvalue weighted by molar-refractivity contribution is 5.91. The van der Waals surface area contributed by atoms with Crippen LogP contribution in [0.25, 0.3) is 0 Å². The number of likely N-dealkylation sites (N-methyl/N-ethyl adjacent to an activating group) is 1. The predicted octanol–water partition coefficient (Wildman–Crippen LogP) is 0.121. The molecule has 1 aromatic heterocycles. The standard InChI is InChI=1S/C10H19N5O/c1-7(2)9(15(3)4)6-11-10(16)8-5-12-14-13-8/h5,7,9H,6H2,1-4H3,(H,11,16)(H,12,13,14). The zero-order valence-corrected chi connectivity index (χ0v) is 10.2. The highest BCUT2D eigenvalue weighted by Crippen LogP contribution is 2.06. The lowest BCUT2D eigenvalue weighted by molar-refractivity contribution is 0.0929. The van der Waals surface area contributed by atoms with Crippen molar-refractivity contribution in [2.24, 2.45) is 5.92 Å². The van der Waals surface area contributed by atoms with Gasteiger partial charge in [0.15, 0.2) is 5.69 Å². The molecular weight excluding hydrogens is 206 g/mol. The van der Waals surface area contributed by atoms with Gasteiger partial charge < -0.3 is 10.2 Å². The van der Waals surface area contributed by atoms with Crippen LogP contribution in [0.5, 0.6) is 0 Å². The minimum Gasteiger partial charge on any atom is -0.349 e. The fourth-order valence-electron chi connectivity index (χ4n) is 1.61. The second-order valence-electron chi connectivity index (χ2n) is 4.34. The van der Waals surface area contributed by atoms with Crippen LogP contribution in [-0.4, -0.2) is 52.9 Å². The lowest BCUT2D eigenvalue weighted by atomic mass is 10.0. The first-order valence-corrected chi connectivity index (χ1v) is 5.32. The monoisotopic (exact) mass is 225 g/mol. The summed E-state index contributed by atoms with van der Waals surface area (Å²) < 4.78 is 0. The Morgan fingerprint density at radius 3 is 2.69 bits per heavy atom. The summed E-state index contributed by atoms with van der Waals surface area (Å²) >= 11 is 0. The molecular formula is C10H19N5O. The molecule has 16 heavy (non-hydrogen) atoms. The molecule has 0 aliphatic carbocycles. The Morgan fingerprint density at radius 1 is 1.56 bits per heavy atom. The van der Waals surface area contributed by atoms with Gasteiger partial charge in [-0.25, -0.2) is 0 Å². The summed E-state index contributed by atoms with van der Waals surface area (Å²) in [4.78, 5) is 13.7. The second kappa shape index (κ2) is 5.60. The number of carbonyl (C=O) groups excluding carboxylic acids is 1. The maximum absolute atomic E-state index is 11.6. The zero-order valence-electron chi connectivity index (χ0n) is 10.2. The number of carbonyl (C=O) groups is 1. The van der Waals surface area contributed by atoms with Crippen LogP contribution in [0, 0.1) is 5.92 Å². The van der Waals surface area contributed by atoms with Crippen LogP contribution < -0.4 is 5.32 Å². The number of aromatic nitrogens is 3. The highest BCUT2D eigenvalue weighted by Gasteiger charge is 2.17. The molecule has 0 fully saturated rings. The third kappa shape index (κ3) is 3.30. The van der Waals surface area contributed by atoms with E-state index >= 15 is 0 Å². The van der Waals surface area contributed by atoms with Crippen LogP contribution >= 0.6 is 0 Å². The summed E-state index contributed by atoms with van der Waals surface area (Å²) in [5.74, 6) is 0.286. The highest BCUT2D eigenvalue weighted by atomic mass is 16.2. The Hall–Kier alpha value is -1.43. The lowest BCUT2D eigenvalue weighted by Crippen LogP contribution is -2.43. The molecule has 90 valence electrons. The third-order valence-corrected chi connectivity index (χ3v) is 2.55. The van der Waals surface area contributed by atoms with Crippen molar-refractivity contribution < 1.29 is 4.79 Å². The number of nitrogens with zero attached hydrogens (tertiary/aromatic N) is 3. The second-order valence-corrected chi connectivity index (χ2v) is 4.34. The van der Waals surface area contributed by atoms with Gasteiger partial charge in [0.25, 0.3) is 5.91 Å². The van der Waals surface area contributed by atoms with E-state index in [1.165, 1.54) is 6.20 Å². The van der Waals surface area contributed by atoms with Gasteiger partial charge in [-0.1, -0.05) is 13.8 Å². The molecule has 0 saturated heterocycles. The van der Waals surface area contributed by atoms with Gasteiger partial charge in [0.1, 0.15) is 0 Å². The van der Waals surface area contributed by atoms with Crippen molar-refractivity contribution in [3.8, 4) is 0 Å². The summed E-state index contributed by atoms with van der Waals surface area (Å²) in [6, 6.07) is 0.316. The van der Waals surface area contributed by atoms with Gasteiger partial charge in [0.05, 0.1) is 6.20 Å². The molecule has 0 saturated carbocycles. The van der Waals surface area contributed by atoms with E-state index in [9.17, 15) is 4.79 Å². The van der Waals surface area contributed by atoms with Gasteiger partial charge in [0, 0.05) is 12.6 Å². The van der Waals surface area contributed by atoms with Crippen molar-refractivity contribution in [1.29, 1.82) is 0 Å². The van der Waals surface area contributed by atoms with Crippen LogP contribution in [0.2, 0.25) is 0 Å². The number of hydrogen-bond donors (Lipinski definition) is 2. The summed E-state index contributed by atoms with van der Waals surface area (Å²) in [7, 11) is 4.01. The van der Waals surface area contributed by atoms with Gasteiger partial charge in [0.2, 0.25) is 0 Å². The van der Waals surface area contributed by atoms with Gasteiger partial charge in [-0.2, -0.15) is 15.4 Å². The number of rotatable bonds is 5. The first-order chi connectivity index (χ1) is 7.52. The number of hydrogen-bond acceptors (Lipinski definition) is 4. The van der Waals surface area contributed by atoms with Gasteiger partial charge >= 0.3 is 0 Å². The largest absolute Gasteiger partial charge is 0.349 e. The molecule has 0 radical (unpaired) electrons. The number of amides is 1. The average Bonchev–Trinajstić information content (AvgIpc) is 2.69. The van der Waals surface area contributed by atoms with Crippen LogP contribution in [0.3, 0.4) is 0 Å². The van der Waals surface area contributed by atoms with Crippen LogP contribution in [0.1, 0.15) is 24.3 Å². The molecule has 2 N–H and O–H groups in total. The molecule has 1 rings (SSSR count). The molecule has 1 amide bonds. The van der Waals surface area contributed by atoms with E-state index in [1.54, 1.807) is 0 Å². The van der Waals surface area contributed by atoms with Gasteiger partial charge in [-0.15, -0.1) is 0 Å². The minimum absolute atomic E-state index is 0.193. The fraction of sp³-hybridized carbons (Fsp3) is 0.700. The summed E-state index contributed by atoms with van der Waals surface area (Å²) in [5, 5.41) is 12.6. The third-order valence-electron chi connectivity index (χ3n) is 2.55. The van der Waals surface area contributed by atoms with Crippen molar-refractivity contribution in [3.63, 3.8) is 0 Å². The first kappa shape index (κ1) is 12.6. The molecule has 0 aromatic carbocycles. The normalized spacial score (nSPS) is 13.1. The quantitative estimate of drug-likeness (QED) is 0.746. The van der Waals surface area contributed by atoms with Crippen LogP contribution in [-0.2, 0) is 0 Å². The SMILES string of the molecule is CC(C)C(CNC(=O)c1cn[nH]n1)N(C)C. The average molecular weight is 225 g/mol. The fourth-order valence-corrected chi connectivity index (χ4v) is 1.61. The van der Waals surface area contributed by atoms with E-state index < -0.39 is 0 Å². The summed E-state index contributed by atoms with van der Waals surface area (Å²) in [6.07, 6.45) is 1.41. The van der Waals surface area contributed by atoms with Crippen molar-refractivity contribution in [2.45, 2.75) is 19.9 Å². The van der Waals surface area contributed by atoms with Crippen LogP contribution in [0.4, 0.5) is 0 Å². The molecule has 1 aromatic rings. The van der Waals surface area contributed by atoms with E-state index in [0.29, 0.717) is 24.2 Å². The smallest absolute Gasteiger partial charge is 0.273 e. The molecule has 6 heteroatoms. The summed E-state index contributed by atoms with van der Waals surface area (Å²) in [5.41, 5.74) is 0.321. The van der Waals surface area contributed by atoms with Crippen molar-refractivity contribution in [2.75, 3.05) is 20.6 Å². The lowest BCUT2D eigenvalue weighted by Gasteiger charge is -2.27. The Morgan fingerprint density at radius 2 is 2.25 bits per heavy atom. The molecule has 0 bridgehead atoms. The molecule has 1 heterocycles. The number of aromatic amines is 1. The maximum atomic E-state index is 11.6. The van der Waals surface area contributed by atoms with Crippen LogP contribution in [0.15, 0.2) is 6.20 Å². The Bertz CT molecular complexity index is 312. The zero-order chi connectivity index (χ0) is 12.1. The Kier molecular flexibility index (Phi) is 4.42. The molecule has 0 aliphatic rings. The molecule has 0 spiro atoms. The molecule has 0 aliphatic heterocycles. The molecule has 1 atom stereocenters. The maximum Gasteiger partial charge on any atom is 0.273 e. The van der Waals surface area contributed by atoms with E-state index in [1.807, 2.05) is 14.1 Å². The predicted molar refractivity (Wildman–Crippen MR) is 61.0 cm³/mol. The van der Waals surface area contributed by atoms with Crippen molar-refractivity contribution in [3.05, 3.63) is 11.9 Å². The first-order valence-electron chi connectivity index (χ1n) is 5.32. The van der Waals surface area contributed by atoms with E-state index in [0.717, 1.165) is 0 Å². The van der Waals surface area contributed by atoms with Gasteiger partial charge in [-0.3, -0.25) is 4.79 Å².